The van der Waals surface area contributed by atoms with Crippen LogP contribution in [0, 0.1) is 0 Å². The van der Waals surface area contributed by atoms with Gasteiger partial charge in [-0.2, -0.15) is 0 Å². The summed E-state index contributed by atoms with van der Waals surface area (Å²) in [6.07, 6.45) is 5.61. The fourth-order valence-electron chi connectivity index (χ4n) is 10.1. The summed E-state index contributed by atoms with van der Waals surface area (Å²) in [6.45, 7) is 2.33. The van der Waals surface area contributed by atoms with Crippen LogP contribution in [0.2, 0.25) is 0 Å². The van der Waals surface area contributed by atoms with Gasteiger partial charge in [0.1, 0.15) is 0 Å². The lowest BCUT2D eigenvalue weighted by atomic mass is 9.87. The molecular weight excluding hydrogens is 751 g/mol. The molecule has 9 aromatic carbocycles. The number of hydrogen-bond donors (Lipinski definition) is 1. The maximum absolute atomic E-state index is 3.91. The number of rotatable bonds is 7. The zero-order chi connectivity index (χ0) is 41.1. The van der Waals surface area contributed by atoms with Crippen molar-refractivity contribution in [3.63, 3.8) is 0 Å². The zero-order valence-corrected chi connectivity index (χ0v) is 34.5. The van der Waals surface area contributed by atoms with Gasteiger partial charge in [0, 0.05) is 49.9 Å². The molecule has 294 valence electrons. The van der Waals surface area contributed by atoms with E-state index >= 15 is 0 Å². The maximum atomic E-state index is 3.91. The quantitative estimate of drug-likeness (QED) is 0.171. The Morgan fingerprint density at radius 1 is 0.435 bits per heavy atom. The van der Waals surface area contributed by atoms with E-state index in [2.05, 4.69) is 240 Å². The predicted molar refractivity (Wildman–Crippen MR) is 263 cm³/mol. The predicted octanol–water partition coefficient (Wildman–Crippen LogP) is 16.1. The number of nitrogens with zero attached hydrogens (tertiary/aromatic N) is 2. The molecule has 0 spiro atoms. The van der Waals surface area contributed by atoms with Gasteiger partial charge in [0.15, 0.2) is 0 Å². The molecule has 1 aliphatic carbocycles. The molecule has 3 nitrogen and oxygen atoms in total. The smallest absolute Gasteiger partial charge is 0.0641 e. The summed E-state index contributed by atoms with van der Waals surface area (Å²) in [6, 6.07) is 75.4. The summed E-state index contributed by atoms with van der Waals surface area (Å²) in [5.74, 6) is 0.448. The Bertz CT molecular complexity index is 3520. The summed E-state index contributed by atoms with van der Waals surface area (Å²) in [4.78, 5) is 0. The highest BCUT2D eigenvalue weighted by molar-refractivity contribution is 6.26. The first-order chi connectivity index (χ1) is 30.7. The third kappa shape index (κ3) is 5.89. The lowest BCUT2D eigenvalue weighted by Crippen LogP contribution is -2.05. The van der Waals surface area contributed by atoms with E-state index in [0.717, 1.165) is 23.5 Å². The first-order valence-corrected chi connectivity index (χ1v) is 21.7. The molecule has 62 heavy (non-hydrogen) atoms. The Kier molecular flexibility index (Phi) is 8.53. The van der Waals surface area contributed by atoms with E-state index in [4.69, 9.17) is 0 Å². The van der Waals surface area contributed by atoms with Gasteiger partial charge in [-0.3, -0.25) is 0 Å². The van der Waals surface area contributed by atoms with Crippen molar-refractivity contribution in [3.05, 3.63) is 223 Å². The molecule has 2 heterocycles. The lowest BCUT2D eigenvalue weighted by molar-refractivity contribution is 0.774. The highest BCUT2D eigenvalue weighted by atomic mass is 15.0. The molecule has 0 fully saturated rings. The van der Waals surface area contributed by atoms with Crippen LogP contribution in [0.3, 0.4) is 0 Å². The van der Waals surface area contributed by atoms with Crippen molar-refractivity contribution < 1.29 is 0 Å². The van der Waals surface area contributed by atoms with Crippen LogP contribution in [-0.2, 0) is 0 Å². The minimum absolute atomic E-state index is 0.448. The first-order valence-electron chi connectivity index (χ1n) is 21.7. The van der Waals surface area contributed by atoms with Crippen LogP contribution in [0.1, 0.15) is 30.4 Å². The molecule has 0 saturated carbocycles. The Balaban J connectivity index is 1.09. The molecule has 1 unspecified atom stereocenters. The van der Waals surface area contributed by atoms with Gasteiger partial charge in [-0.05, 0) is 118 Å². The molecule has 3 heteroatoms. The average Bonchev–Trinajstić information content (AvgIpc) is 3.85. The summed E-state index contributed by atoms with van der Waals surface area (Å²) in [5.41, 5.74) is 19.1. The summed E-state index contributed by atoms with van der Waals surface area (Å²) >= 11 is 0. The molecule has 11 aromatic rings. The van der Waals surface area contributed by atoms with E-state index in [1.165, 1.54) is 93.8 Å². The Labute approximate surface area is 361 Å². The Hall–Kier alpha value is -7.88. The van der Waals surface area contributed by atoms with Crippen molar-refractivity contribution in [2.75, 3.05) is 5.32 Å². The summed E-state index contributed by atoms with van der Waals surface area (Å²) in [7, 11) is 0. The fraction of sp³-hybridized carbons (Fsp3) is 0.0508. The van der Waals surface area contributed by atoms with Crippen LogP contribution >= 0.6 is 0 Å². The highest BCUT2D eigenvalue weighted by Crippen LogP contribution is 2.45. The first kappa shape index (κ1) is 36.0. The minimum Gasteiger partial charge on any atom is -0.355 e. The van der Waals surface area contributed by atoms with Crippen LogP contribution < -0.4 is 5.32 Å². The topological polar surface area (TPSA) is 21.9 Å². The molecule has 0 radical (unpaired) electrons. The van der Waals surface area contributed by atoms with Gasteiger partial charge in [-0.15, -0.1) is 0 Å². The van der Waals surface area contributed by atoms with Gasteiger partial charge < -0.3 is 14.5 Å². The van der Waals surface area contributed by atoms with Gasteiger partial charge in [0.2, 0.25) is 0 Å². The van der Waals surface area contributed by atoms with Gasteiger partial charge in [0.25, 0.3) is 0 Å². The summed E-state index contributed by atoms with van der Waals surface area (Å²) in [5, 5.41) is 8.85. The van der Waals surface area contributed by atoms with Gasteiger partial charge in [-0.25, -0.2) is 0 Å². The third-order valence-electron chi connectivity index (χ3n) is 12.9. The second kappa shape index (κ2) is 14.7. The van der Waals surface area contributed by atoms with Crippen LogP contribution in [0.5, 0.6) is 0 Å². The number of aromatic nitrogens is 2. The van der Waals surface area contributed by atoms with Crippen molar-refractivity contribution in [1.29, 1.82) is 0 Å². The highest BCUT2D eigenvalue weighted by Gasteiger charge is 2.22. The second-order valence-electron chi connectivity index (χ2n) is 16.6. The van der Waals surface area contributed by atoms with Crippen LogP contribution in [0.25, 0.3) is 94.4 Å². The minimum atomic E-state index is 0.448. The van der Waals surface area contributed by atoms with E-state index in [9.17, 15) is 0 Å². The standard InChI is InChI=1S/C59H43N3/c1-39-16-13-21-42-22-15-28-53(57(39)42)60-52-33-30-44(37-50(52)41-19-7-3-8-20-41)45-31-34-55-51(38-45)48-32-35-56-58(49-27-11-12-29-54(49)61(56)46-24-9-4-10-25-46)59(48)62(55)47-26-14-23-43(36-47)40-17-5-2-6-18-40/h2-15,17-39,60H,16H2,1H3. The van der Waals surface area contributed by atoms with Crippen molar-refractivity contribution in [1.82, 2.24) is 9.13 Å². The number of allylic oxidation sites excluding steroid dienone is 1. The molecule has 12 rings (SSSR count). The van der Waals surface area contributed by atoms with Crippen LogP contribution in [0.4, 0.5) is 11.4 Å². The van der Waals surface area contributed by atoms with E-state index in [-0.39, 0.29) is 0 Å². The van der Waals surface area contributed by atoms with E-state index in [1.807, 2.05) is 0 Å². The molecule has 0 amide bonds. The average molecular weight is 794 g/mol. The zero-order valence-electron chi connectivity index (χ0n) is 34.5. The normalized spacial score (nSPS) is 13.6. The lowest BCUT2D eigenvalue weighted by Gasteiger charge is -2.23. The molecule has 2 aromatic heterocycles. The van der Waals surface area contributed by atoms with E-state index in [0.29, 0.717) is 5.92 Å². The molecular formula is C59H43N3. The van der Waals surface area contributed by atoms with Crippen molar-refractivity contribution in [2.45, 2.75) is 19.3 Å². The molecule has 1 atom stereocenters. The molecule has 0 aliphatic heterocycles. The monoisotopic (exact) mass is 793 g/mol. The van der Waals surface area contributed by atoms with Gasteiger partial charge in [-0.1, -0.05) is 159 Å². The number of anilines is 2. The number of nitrogens with one attached hydrogen (secondary N) is 1. The fourth-order valence-corrected chi connectivity index (χ4v) is 10.1. The maximum Gasteiger partial charge on any atom is 0.0641 e. The Morgan fingerprint density at radius 3 is 1.92 bits per heavy atom. The number of benzene rings is 9. The molecule has 0 bridgehead atoms. The SMILES string of the molecule is CC1CC=Cc2cccc(Nc3ccc(-c4ccc5c(c4)c4ccc6c(c7ccccc7n6-c6ccccc6)c4n5-c4cccc(-c5ccccc5)c4)cc3-c3ccccc3)c21. The van der Waals surface area contributed by atoms with Gasteiger partial charge in [0.05, 0.1) is 22.1 Å². The van der Waals surface area contributed by atoms with Crippen LogP contribution in [-0.4, -0.2) is 9.13 Å². The second-order valence-corrected chi connectivity index (χ2v) is 16.6. The Morgan fingerprint density at radius 2 is 1.08 bits per heavy atom. The van der Waals surface area contributed by atoms with Gasteiger partial charge >= 0.3 is 0 Å². The molecule has 1 aliphatic rings. The van der Waals surface area contributed by atoms with Crippen molar-refractivity contribution in [2.24, 2.45) is 0 Å². The number of para-hydroxylation sites is 2. The molecule has 1 N–H and O–H groups in total. The molecule has 0 saturated heterocycles. The number of hydrogen-bond acceptors (Lipinski definition) is 1. The van der Waals surface area contributed by atoms with E-state index in [1.54, 1.807) is 0 Å². The largest absolute Gasteiger partial charge is 0.355 e. The third-order valence-corrected chi connectivity index (χ3v) is 12.9. The number of fused-ring (bicyclic) bond motifs is 8. The van der Waals surface area contributed by atoms with Crippen LogP contribution in [0.15, 0.2) is 212 Å². The van der Waals surface area contributed by atoms with Crippen molar-refractivity contribution in [3.8, 4) is 44.8 Å². The van der Waals surface area contributed by atoms with E-state index < -0.39 is 0 Å². The summed E-state index contributed by atoms with van der Waals surface area (Å²) < 4.78 is 4.92. The van der Waals surface area contributed by atoms with Crippen molar-refractivity contribution >= 4 is 61.1 Å².